The summed E-state index contributed by atoms with van der Waals surface area (Å²) in [7, 11) is -7.32. The average Bonchev–Trinajstić information content (AvgIpc) is 3.18. The van der Waals surface area contributed by atoms with Crippen molar-refractivity contribution in [2.75, 3.05) is 62.3 Å². The molecule has 15 nitrogen and oxygen atoms in total. The zero-order valence-electron chi connectivity index (χ0n) is 28.9. The van der Waals surface area contributed by atoms with Gasteiger partial charge in [-0.2, -0.15) is 0 Å². The Balaban J connectivity index is 0.000000206. The van der Waals surface area contributed by atoms with Crippen LogP contribution in [0.2, 0.25) is 0 Å². The topological polar surface area (TPSA) is 207 Å². The highest BCUT2D eigenvalue weighted by Crippen LogP contribution is 2.36. The summed E-state index contributed by atoms with van der Waals surface area (Å²) in [6.45, 7) is 3.99. The number of carbonyl (C=O) groups is 3. The minimum absolute atomic E-state index is 0.102. The molecule has 6 rings (SSSR count). The van der Waals surface area contributed by atoms with Crippen LogP contribution in [0, 0.1) is 0 Å². The summed E-state index contributed by atoms with van der Waals surface area (Å²) in [5.41, 5.74) is 6.43. The molecule has 4 aromatic carbocycles. The second kappa shape index (κ2) is 17.2. The minimum Gasteiger partial charge on any atom is -0.489 e. The predicted molar refractivity (Wildman–Crippen MR) is 197 cm³/mol. The van der Waals surface area contributed by atoms with Crippen LogP contribution >= 0.6 is 0 Å². The van der Waals surface area contributed by atoms with Crippen LogP contribution in [0.1, 0.15) is 6.92 Å². The number of anilines is 2. The number of hydrogen-bond acceptors (Lipinski definition) is 10. The third-order valence-corrected chi connectivity index (χ3v) is 11.5. The van der Waals surface area contributed by atoms with Crippen LogP contribution in [0.4, 0.5) is 21.0 Å². The number of sulfone groups is 2. The van der Waals surface area contributed by atoms with E-state index in [0.717, 1.165) is 0 Å². The van der Waals surface area contributed by atoms with Crippen molar-refractivity contribution in [2.45, 2.75) is 26.5 Å². The van der Waals surface area contributed by atoms with Gasteiger partial charge in [0.2, 0.25) is 25.6 Å². The third kappa shape index (κ3) is 9.24. The molecule has 5 amide bonds. The number of carbonyl (C=O) groups excluding carboxylic acids is 3. The molecule has 17 heteroatoms. The largest absolute Gasteiger partial charge is 0.489 e. The van der Waals surface area contributed by atoms with E-state index in [0.29, 0.717) is 55.6 Å². The lowest BCUT2D eigenvalue weighted by Crippen LogP contribution is -2.46. The van der Waals surface area contributed by atoms with Crippen molar-refractivity contribution < 1.29 is 40.7 Å². The maximum Gasteiger partial charge on any atom is 0.322 e. The van der Waals surface area contributed by atoms with Gasteiger partial charge in [-0.25, -0.2) is 26.4 Å². The van der Waals surface area contributed by atoms with E-state index in [4.69, 9.17) is 15.2 Å². The third-order valence-electron chi connectivity index (χ3n) is 8.00. The molecule has 5 N–H and O–H groups in total. The van der Waals surface area contributed by atoms with Gasteiger partial charge < -0.3 is 31.2 Å². The molecule has 0 saturated heterocycles. The van der Waals surface area contributed by atoms with Crippen molar-refractivity contribution >= 4 is 49.0 Å². The Kier molecular flexibility index (Phi) is 12.6. The van der Waals surface area contributed by atoms with Crippen molar-refractivity contribution in [2.24, 2.45) is 5.73 Å². The fourth-order valence-corrected chi connectivity index (χ4v) is 8.00. The first-order chi connectivity index (χ1) is 25.4. The molecular formula is C36H40N6O9S2. The van der Waals surface area contributed by atoms with Gasteiger partial charge in [0.1, 0.15) is 24.7 Å². The Morgan fingerprint density at radius 1 is 0.604 bits per heavy atom. The highest BCUT2D eigenvalue weighted by atomic mass is 32.2. The molecule has 0 aliphatic carbocycles. The molecule has 0 radical (unpaired) electrons. The number of nitrogens with zero attached hydrogens (tertiary/aromatic N) is 2. The summed E-state index contributed by atoms with van der Waals surface area (Å²) in [5, 5.41) is 8.02. The van der Waals surface area contributed by atoms with Crippen LogP contribution in [0.25, 0.3) is 0 Å². The highest BCUT2D eigenvalue weighted by Gasteiger charge is 2.28. The molecule has 53 heavy (non-hydrogen) atoms. The van der Waals surface area contributed by atoms with E-state index in [2.05, 4.69) is 16.0 Å². The summed E-state index contributed by atoms with van der Waals surface area (Å²) < 4.78 is 62.1. The smallest absolute Gasteiger partial charge is 0.322 e. The van der Waals surface area contributed by atoms with Crippen molar-refractivity contribution in [3.05, 3.63) is 97.1 Å². The molecule has 0 atom stereocenters. The van der Waals surface area contributed by atoms with Crippen molar-refractivity contribution in [1.82, 2.24) is 16.0 Å². The second-order valence-electron chi connectivity index (χ2n) is 11.6. The highest BCUT2D eigenvalue weighted by molar-refractivity contribution is 7.91. The molecule has 0 spiro atoms. The molecular weight excluding hydrogens is 725 g/mol. The van der Waals surface area contributed by atoms with Crippen LogP contribution in [0.3, 0.4) is 0 Å². The van der Waals surface area contributed by atoms with Gasteiger partial charge in [-0.15, -0.1) is 0 Å². The fourth-order valence-electron chi connectivity index (χ4n) is 5.41. The van der Waals surface area contributed by atoms with E-state index in [-0.39, 0.29) is 57.3 Å². The van der Waals surface area contributed by atoms with Crippen LogP contribution < -0.4 is 41.0 Å². The van der Waals surface area contributed by atoms with Crippen LogP contribution in [-0.2, 0) is 24.5 Å². The van der Waals surface area contributed by atoms with E-state index in [1.807, 2.05) is 0 Å². The second-order valence-corrected chi connectivity index (χ2v) is 15.5. The van der Waals surface area contributed by atoms with Crippen molar-refractivity contribution in [1.29, 1.82) is 0 Å². The summed E-state index contributed by atoms with van der Waals surface area (Å²) >= 11 is 0. The maximum atomic E-state index is 12.8. The molecule has 280 valence electrons. The lowest BCUT2D eigenvalue weighted by atomic mass is 10.2. The van der Waals surface area contributed by atoms with Crippen molar-refractivity contribution in [3.63, 3.8) is 0 Å². The van der Waals surface area contributed by atoms with Crippen LogP contribution in [0.15, 0.2) is 117 Å². The monoisotopic (exact) mass is 764 g/mol. The van der Waals surface area contributed by atoms with Gasteiger partial charge in [-0.05, 0) is 48.5 Å². The molecule has 0 fully saturated rings. The van der Waals surface area contributed by atoms with Crippen molar-refractivity contribution in [3.8, 4) is 11.5 Å². The zero-order chi connectivity index (χ0) is 38.0. The SMILES string of the molecule is CC(=O)NCCNC(=O)N1CCOc2cc(S(=O)(=O)c3ccccc3)ccc21.NCCNC(=O)N1CCOc2cc(S(=O)(=O)c3ccccc3)ccc21. The van der Waals surface area contributed by atoms with E-state index in [9.17, 15) is 31.2 Å². The first kappa shape index (κ1) is 38.6. The lowest BCUT2D eigenvalue weighted by Gasteiger charge is -2.30. The van der Waals surface area contributed by atoms with E-state index < -0.39 is 19.7 Å². The van der Waals surface area contributed by atoms with Gasteiger partial charge in [0.05, 0.1) is 44.0 Å². The Morgan fingerprint density at radius 3 is 1.43 bits per heavy atom. The number of hydrogen-bond donors (Lipinski definition) is 4. The molecule has 4 aromatic rings. The minimum atomic E-state index is -3.68. The van der Waals surface area contributed by atoms with Gasteiger partial charge >= 0.3 is 12.1 Å². The summed E-state index contributed by atoms with van der Waals surface area (Å²) in [4.78, 5) is 39.2. The molecule has 0 unspecified atom stereocenters. The van der Waals surface area contributed by atoms with Gasteiger partial charge in [0.15, 0.2) is 0 Å². The first-order valence-electron chi connectivity index (χ1n) is 16.6. The number of amides is 5. The Labute approximate surface area is 307 Å². The first-order valence-corrected chi connectivity index (χ1v) is 19.6. The van der Waals surface area contributed by atoms with Gasteiger partial charge in [0, 0.05) is 45.2 Å². The number of ether oxygens (including phenoxy) is 2. The Bertz CT molecular complexity index is 2150. The lowest BCUT2D eigenvalue weighted by molar-refractivity contribution is -0.118. The maximum absolute atomic E-state index is 12.8. The number of rotatable bonds is 9. The zero-order valence-corrected chi connectivity index (χ0v) is 30.5. The van der Waals surface area contributed by atoms with E-state index in [1.165, 1.54) is 53.1 Å². The summed E-state index contributed by atoms with van der Waals surface area (Å²) in [6, 6.07) is 24.7. The Hall–Kier alpha value is -5.65. The van der Waals surface area contributed by atoms with Gasteiger partial charge in [-0.3, -0.25) is 14.6 Å². The number of benzene rings is 4. The standard InChI is InChI=1S/C19H21N3O5S.C17H19N3O4S/c1-14(23)20-9-10-21-19(24)22-11-12-27-18-13-16(7-8-17(18)22)28(25,26)15-5-3-2-4-6-15;18-8-9-19-17(21)20-10-11-24-16-12-14(6-7-15(16)20)25(22,23)13-4-2-1-3-5-13/h2-8,13H,9-12H2,1H3,(H,20,23)(H,21,24);1-7,12H,8-11,18H2,(H,19,21). The number of urea groups is 2. The summed E-state index contributed by atoms with van der Waals surface area (Å²) in [6.07, 6.45) is 0. The number of nitrogens with two attached hydrogens (primary N) is 1. The van der Waals surface area contributed by atoms with E-state index in [1.54, 1.807) is 60.7 Å². The summed E-state index contributed by atoms with van der Waals surface area (Å²) in [5.74, 6) is 0.532. The number of fused-ring (bicyclic) bond motifs is 2. The molecule has 0 aromatic heterocycles. The van der Waals surface area contributed by atoms with E-state index >= 15 is 0 Å². The Morgan fingerprint density at radius 2 is 1.02 bits per heavy atom. The van der Waals surface area contributed by atoms with Gasteiger partial charge in [-0.1, -0.05) is 36.4 Å². The van der Waals surface area contributed by atoms with Gasteiger partial charge in [0.25, 0.3) is 0 Å². The normalized spacial score (nSPS) is 13.5. The predicted octanol–water partition coefficient (Wildman–Crippen LogP) is 2.95. The molecule has 2 aliphatic heterocycles. The molecule has 2 heterocycles. The molecule has 0 saturated carbocycles. The fraction of sp³-hybridized carbons (Fsp3) is 0.250. The molecule has 2 aliphatic rings. The number of nitrogens with one attached hydrogen (secondary N) is 3. The average molecular weight is 765 g/mol. The quantitative estimate of drug-likeness (QED) is 0.183. The van der Waals surface area contributed by atoms with Crippen LogP contribution in [0.5, 0.6) is 11.5 Å². The van der Waals surface area contributed by atoms with Crippen LogP contribution in [-0.4, -0.2) is 87.3 Å². The molecule has 0 bridgehead atoms.